The normalized spacial score (nSPS) is 14.8. The van der Waals surface area contributed by atoms with E-state index in [-0.39, 0.29) is 11.6 Å². The third kappa shape index (κ3) is 6.76. The molecule has 0 bridgehead atoms. The molecule has 0 radical (unpaired) electrons. The average molecular weight is 473 g/mol. The number of hydrogen-bond donors (Lipinski definition) is 1. The maximum Gasteiger partial charge on any atom is 0.165 e. The maximum atomic E-state index is 14.6. The molecule has 0 aliphatic carbocycles. The lowest BCUT2D eigenvalue weighted by atomic mass is 10.0. The zero-order valence-corrected chi connectivity index (χ0v) is 19.9. The predicted octanol–water partition coefficient (Wildman–Crippen LogP) is 6.74. The molecule has 7 heteroatoms. The Morgan fingerprint density at radius 1 is 1.24 bits per heavy atom. The number of benzene rings is 2. The van der Waals surface area contributed by atoms with E-state index in [0.717, 1.165) is 35.1 Å². The van der Waals surface area contributed by atoms with Crippen molar-refractivity contribution in [3.05, 3.63) is 88.6 Å². The molecule has 0 unspecified atom stereocenters. The van der Waals surface area contributed by atoms with Gasteiger partial charge in [0.1, 0.15) is 5.82 Å². The number of ether oxygens (including phenoxy) is 1. The van der Waals surface area contributed by atoms with Gasteiger partial charge >= 0.3 is 0 Å². The Kier molecular flexibility index (Phi) is 9.23. The summed E-state index contributed by atoms with van der Waals surface area (Å²) < 4.78 is 45.7. The molecule has 3 rings (SSSR count). The lowest BCUT2D eigenvalue weighted by molar-refractivity contribution is 0.294. The van der Waals surface area contributed by atoms with Gasteiger partial charge in [-0.1, -0.05) is 25.6 Å². The van der Waals surface area contributed by atoms with E-state index in [0.29, 0.717) is 56.0 Å². The van der Waals surface area contributed by atoms with Crippen LogP contribution in [0, 0.1) is 11.6 Å². The van der Waals surface area contributed by atoms with Crippen LogP contribution in [0.5, 0.6) is 5.75 Å². The molecular weight excluding hydrogens is 442 g/mol. The second-order valence-corrected chi connectivity index (χ2v) is 8.67. The first-order valence-electron chi connectivity index (χ1n) is 11.1. The molecule has 0 fully saturated rings. The molecule has 1 N–H and O–H groups in total. The summed E-state index contributed by atoms with van der Waals surface area (Å²) >= 11 is 0.683. The zero-order chi connectivity index (χ0) is 23.8. The minimum Gasteiger partial charge on any atom is -0.490 e. The number of fused-ring (bicyclic) bond motifs is 1. The van der Waals surface area contributed by atoms with Crippen LogP contribution in [0.25, 0.3) is 0 Å². The second-order valence-electron chi connectivity index (χ2n) is 7.99. The largest absolute Gasteiger partial charge is 0.490 e. The summed E-state index contributed by atoms with van der Waals surface area (Å²) in [5.41, 5.74) is 4.84. The van der Waals surface area contributed by atoms with Crippen LogP contribution >= 0.6 is 12.2 Å². The van der Waals surface area contributed by atoms with Crippen molar-refractivity contribution in [3.63, 3.8) is 0 Å². The average Bonchev–Trinajstić information content (AvgIpc) is 2.82. The van der Waals surface area contributed by atoms with Crippen LogP contribution in [-0.4, -0.2) is 27.7 Å². The molecule has 1 aliphatic heterocycles. The number of allylic oxidation sites excluding steroid dienone is 2. The molecule has 0 spiro atoms. The molecule has 176 valence electrons. The predicted molar refractivity (Wildman–Crippen MR) is 132 cm³/mol. The van der Waals surface area contributed by atoms with Crippen LogP contribution in [0.2, 0.25) is 0 Å². The van der Waals surface area contributed by atoms with Crippen molar-refractivity contribution in [1.82, 2.24) is 4.31 Å². The molecule has 0 aromatic heterocycles. The van der Waals surface area contributed by atoms with Crippen LogP contribution in [0.15, 0.2) is 59.8 Å². The van der Waals surface area contributed by atoms with Crippen LogP contribution in [0.3, 0.4) is 0 Å². The minimum absolute atomic E-state index is 0.242. The third-order valence-electron chi connectivity index (χ3n) is 5.73. The second kappa shape index (κ2) is 12.1. The molecular formula is C26H30F2N2O2S. The van der Waals surface area contributed by atoms with E-state index < -0.39 is 5.82 Å². The molecule has 1 heterocycles. The van der Waals surface area contributed by atoms with Gasteiger partial charge in [-0.2, -0.15) is 0 Å². The molecule has 0 amide bonds. The Bertz CT molecular complexity index is 1050. The third-order valence-corrected chi connectivity index (χ3v) is 6.27. The van der Waals surface area contributed by atoms with Gasteiger partial charge in [-0.25, -0.2) is 13.1 Å². The summed E-state index contributed by atoms with van der Waals surface area (Å²) in [5.74, 6) is -0.470. The Morgan fingerprint density at radius 3 is 2.76 bits per heavy atom. The van der Waals surface area contributed by atoms with E-state index in [1.807, 2.05) is 13.0 Å². The highest BCUT2D eigenvalue weighted by molar-refractivity contribution is 7.91. The number of nitrogens with zero attached hydrogens (tertiary/aromatic N) is 2. The molecule has 33 heavy (non-hydrogen) atoms. The highest BCUT2D eigenvalue weighted by Gasteiger charge is 2.19. The van der Waals surface area contributed by atoms with Gasteiger partial charge in [0, 0.05) is 30.6 Å². The van der Waals surface area contributed by atoms with Crippen molar-refractivity contribution in [3.8, 4) is 5.75 Å². The zero-order valence-electron chi connectivity index (χ0n) is 19.1. The summed E-state index contributed by atoms with van der Waals surface area (Å²) in [5, 5.41) is 0. The van der Waals surface area contributed by atoms with Gasteiger partial charge in [0.15, 0.2) is 11.6 Å². The number of halogens is 2. The molecule has 2 aromatic rings. The van der Waals surface area contributed by atoms with Crippen molar-refractivity contribution in [1.29, 1.82) is 0 Å². The van der Waals surface area contributed by atoms with Crippen molar-refractivity contribution < 1.29 is 18.1 Å². The van der Waals surface area contributed by atoms with Gasteiger partial charge in [-0.15, -0.1) is 0 Å². The Hall–Kier alpha value is -2.48. The first-order valence-corrected chi connectivity index (χ1v) is 11.8. The lowest BCUT2D eigenvalue weighted by Gasteiger charge is -2.25. The summed E-state index contributed by atoms with van der Waals surface area (Å²) in [4.78, 5) is 4.36. The molecule has 2 aromatic carbocycles. The fourth-order valence-corrected chi connectivity index (χ4v) is 4.08. The standard InChI is InChI=1S/C26H30F2N2O2S/c1-4-19(5-2)16-29-18(3)23-9-8-20(13-24(23)27)7-6-12-32-26-15-21-10-11-30(33-31)17-22(21)14-25(26)28/h4,8-9,13-16,31H,1,5-7,10-12,17H2,2-3H3/b19-16+,29-18?. The number of hydrogen-bond acceptors (Lipinski definition) is 5. The summed E-state index contributed by atoms with van der Waals surface area (Å²) in [7, 11) is 0. The van der Waals surface area contributed by atoms with Gasteiger partial charge < -0.3 is 9.29 Å². The highest BCUT2D eigenvalue weighted by atomic mass is 32.2. The Balaban J connectivity index is 1.55. The number of rotatable bonds is 10. The van der Waals surface area contributed by atoms with Gasteiger partial charge in [0.25, 0.3) is 0 Å². The fourth-order valence-electron chi connectivity index (χ4n) is 3.71. The first kappa shape index (κ1) is 25.1. The van der Waals surface area contributed by atoms with Crippen molar-refractivity contribution >= 4 is 17.9 Å². The van der Waals surface area contributed by atoms with Gasteiger partial charge in [-0.05, 0) is 79.1 Å². The Morgan fingerprint density at radius 2 is 2.06 bits per heavy atom. The topological polar surface area (TPSA) is 45.1 Å². The smallest absolute Gasteiger partial charge is 0.165 e. The summed E-state index contributed by atoms with van der Waals surface area (Å²) in [6.07, 6.45) is 6.28. The monoisotopic (exact) mass is 472 g/mol. The van der Waals surface area contributed by atoms with Gasteiger partial charge in [0.05, 0.1) is 18.8 Å². The van der Waals surface area contributed by atoms with Crippen LogP contribution in [0.1, 0.15) is 48.9 Å². The molecule has 1 aliphatic rings. The fraction of sp³-hybridized carbons (Fsp3) is 0.346. The highest BCUT2D eigenvalue weighted by Crippen LogP contribution is 2.29. The quantitative estimate of drug-likeness (QED) is 0.137. The summed E-state index contributed by atoms with van der Waals surface area (Å²) in [6.45, 7) is 9.09. The Labute approximate surface area is 199 Å². The van der Waals surface area contributed by atoms with E-state index in [1.54, 1.807) is 35.6 Å². The van der Waals surface area contributed by atoms with Gasteiger partial charge in [0.2, 0.25) is 0 Å². The van der Waals surface area contributed by atoms with Crippen LogP contribution in [-0.2, 0) is 19.4 Å². The van der Waals surface area contributed by atoms with E-state index in [9.17, 15) is 13.3 Å². The van der Waals surface area contributed by atoms with E-state index in [4.69, 9.17) is 4.74 Å². The van der Waals surface area contributed by atoms with E-state index in [2.05, 4.69) is 11.6 Å². The SMILES string of the molecule is C=C/C(=C\N=C(C)c1ccc(CCCOc2cc3c(cc2F)CN(SO)CC3)cc1F)CC. The van der Waals surface area contributed by atoms with Crippen LogP contribution in [0.4, 0.5) is 8.78 Å². The summed E-state index contributed by atoms with van der Waals surface area (Å²) in [6, 6.07) is 8.40. The van der Waals surface area contributed by atoms with Gasteiger partial charge in [-0.3, -0.25) is 4.99 Å². The molecule has 0 saturated carbocycles. The molecule has 0 saturated heterocycles. The molecule has 4 nitrogen and oxygen atoms in total. The van der Waals surface area contributed by atoms with Crippen molar-refractivity contribution in [2.24, 2.45) is 4.99 Å². The lowest BCUT2D eigenvalue weighted by Crippen LogP contribution is -2.24. The first-order chi connectivity index (χ1) is 15.9. The van der Waals surface area contributed by atoms with E-state index >= 15 is 0 Å². The molecule has 0 atom stereocenters. The van der Waals surface area contributed by atoms with Crippen molar-refractivity contribution in [2.45, 2.75) is 46.1 Å². The van der Waals surface area contributed by atoms with Crippen molar-refractivity contribution in [2.75, 3.05) is 13.2 Å². The number of aryl methyl sites for hydroxylation is 1. The van der Waals surface area contributed by atoms with Crippen LogP contribution < -0.4 is 4.74 Å². The maximum absolute atomic E-state index is 14.6. The minimum atomic E-state index is -0.402. The van der Waals surface area contributed by atoms with E-state index in [1.165, 1.54) is 12.1 Å². The number of aliphatic imine (C=N–C) groups is 1.